The average molecular weight is 194 g/mol. The van der Waals surface area contributed by atoms with Crippen LogP contribution >= 0.6 is 23.3 Å². The third kappa shape index (κ3) is 1.84. The second-order valence-electron chi connectivity index (χ2n) is 2.15. The first-order valence-electron chi connectivity index (χ1n) is 3.45. The van der Waals surface area contributed by atoms with Gasteiger partial charge in [0.15, 0.2) is 0 Å². The van der Waals surface area contributed by atoms with Crippen LogP contribution in [-0.2, 0) is 0 Å². The van der Waals surface area contributed by atoms with Crippen LogP contribution in [0.3, 0.4) is 0 Å². The molecule has 0 fully saturated rings. The Labute approximate surface area is 78.8 Å². The molecule has 2 nitrogen and oxygen atoms in total. The van der Waals surface area contributed by atoms with Crippen molar-refractivity contribution in [3.63, 3.8) is 0 Å². The number of nitrogens with zero attached hydrogens (tertiary/aromatic N) is 2. The Morgan fingerprint density at radius 2 is 2.00 bits per heavy atom. The van der Waals surface area contributed by atoms with Crippen molar-refractivity contribution in [1.82, 2.24) is 9.59 Å². The van der Waals surface area contributed by atoms with Crippen LogP contribution in [0.15, 0.2) is 45.6 Å². The van der Waals surface area contributed by atoms with Crippen LogP contribution in [-0.4, -0.2) is 9.59 Å². The van der Waals surface area contributed by atoms with Gasteiger partial charge in [-0.05, 0) is 23.7 Å². The molecule has 1 aromatic heterocycles. The smallest absolute Gasteiger partial charge is 0.106 e. The molecule has 0 bridgehead atoms. The number of benzene rings is 1. The van der Waals surface area contributed by atoms with E-state index in [0.717, 1.165) is 4.21 Å². The predicted molar refractivity (Wildman–Crippen MR) is 50.5 cm³/mol. The fourth-order valence-electron chi connectivity index (χ4n) is 0.808. The SMILES string of the molecule is c1ccc(Sc2cnns2)cc1. The molecule has 0 saturated heterocycles. The lowest BCUT2D eigenvalue weighted by Gasteiger charge is -1.93. The van der Waals surface area contributed by atoms with Gasteiger partial charge in [-0.15, -0.1) is 5.10 Å². The quantitative estimate of drug-likeness (QED) is 0.735. The summed E-state index contributed by atoms with van der Waals surface area (Å²) in [5.74, 6) is 0. The minimum atomic E-state index is 1.13. The Hall–Kier alpha value is -0.870. The summed E-state index contributed by atoms with van der Waals surface area (Å²) in [6, 6.07) is 10.2. The largest absolute Gasteiger partial charge is 0.145 e. The maximum atomic E-state index is 3.79. The Morgan fingerprint density at radius 1 is 1.17 bits per heavy atom. The number of rotatable bonds is 2. The minimum absolute atomic E-state index is 1.13. The van der Waals surface area contributed by atoms with Crippen LogP contribution in [0.1, 0.15) is 0 Å². The van der Waals surface area contributed by atoms with Gasteiger partial charge < -0.3 is 0 Å². The molecular formula is C8H6N2S2. The van der Waals surface area contributed by atoms with E-state index in [4.69, 9.17) is 0 Å². The van der Waals surface area contributed by atoms with Gasteiger partial charge in [-0.2, -0.15) is 0 Å². The van der Waals surface area contributed by atoms with Gasteiger partial charge in [-0.25, -0.2) is 0 Å². The molecule has 0 aliphatic carbocycles. The van der Waals surface area contributed by atoms with Gasteiger partial charge >= 0.3 is 0 Å². The third-order valence-corrected chi connectivity index (χ3v) is 3.05. The van der Waals surface area contributed by atoms with Gasteiger partial charge in [0.1, 0.15) is 4.21 Å². The van der Waals surface area contributed by atoms with E-state index in [2.05, 4.69) is 21.7 Å². The highest BCUT2D eigenvalue weighted by molar-refractivity contribution is 8.01. The Balaban J connectivity index is 2.15. The number of aromatic nitrogens is 2. The van der Waals surface area contributed by atoms with Gasteiger partial charge in [-0.1, -0.05) is 34.4 Å². The van der Waals surface area contributed by atoms with Gasteiger partial charge in [0.05, 0.1) is 6.20 Å². The second kappa shape index (κ2) is 3.69. The molecule has 2 rings (SSSR count). The van der Waals surface area contributed by atoms with Crippen molar-refractivity contribution in [2.24, 2.45) is 0 Å². The number of hydrogen-bond acceptors (Lipinski definition) is 4. The van der Waals surface area contributed by atoms with E-state index in [1.165, 1.54) is 16.4 Å². The summed E-state index contributed by atoms with van der Waals surface area (Å²) in [7, 11) is 0. The standard InChI is InChI=1S/C8H6N2S2/c1-2-4-7(5-3-1)11-8-6-9-10-12-8/h1-6H. The lowest BCUT2D eigenvalue weighted by atomic mass is 10.4. The fraction of sp³-hybridized carbons (Fsp3) is 0. The van der Waals surface area contributed by atoms with Crippen molar-refractivity contribution in [2.75, 3.05) is 0 Å². The molecule has 0 N–H and O–H groups in total. The summed E-state index contributed by atoms with van der Waals surface area (Å²) < 4.78 is 4.92. The molecule has 1 aromatic carbocycles. The zero-order chi connectivity index (χ0) is 8.23. The molecule has 12 heavy (non-hydrogen) atoms. The zero-order valence-corrected chi connectivity index (χ0v) is 7.81. The summed E-state index contributed by atoms with van der Waals surface area (Å²) in [5, 5.41) is 3.77. The van der Waals surface area contributed by atoms with E-state index in [0.29, 0.717) is 0 Å². The predicted octanol–water partition coefficient (Wildman–Crippen LogP) is 2.69. The van der Waals surface area contributed by atoms with Crippen molar-refractivity contribution in [3.8, 4) is 0 Å². The van der Waals surface area contributed by atoms with E-state index in [-0.39, 0.29) is 0 Å². The first-order valence-corrected chi connectivity index (χ1v) is 5.04. The normalized spacial score (nSPS) is 10.0. The summed E-state index contributed by atoms with van der Waals surface area (Å²) in [5.41, 5.74) is 0. The Morgan fingerprint density at radius 3 is 2.67 bits per heavy atom. The highest BCUT2D eigenvalue weighted by atomic mass is 32.2. The fourth-order valence-corrected chi connectivity index (χ4v) is 2.24. The second-order valence-corrected chi connectivity index (χ2v) is 4.31. The maximum absolute atomic E-state index is 3.79. The van der Waals surface area contributed by atoms with E-state index < -0.39 is 0 Å². The van der Waals surface area contributed by atoms with Crippen LogP contribution in [0.5, 0.6) is 0 Å². The van der Waals surface area contributed by atoms with Gasteiger partial charge in [0.25, 0.3) is 0 Å². The zero-order valence-electron chi connectivity index (χ0n) is 6.18. The van der Waals surface area contributed by atoms with Crippen molar-refractivity contribution in [1.29, 1.82) is 0 Å². The topological polar surface area (TPSA) is 25.8 Å². The first-order chi connectivity index (χ1) is 5.95. The highest BCUT2D eigenvalue weighted by Crippen LogP contribution is 2.28. The average Bonchev–Trinajstić information content (AvgIpc) is 2.59. The van der Waals surface area contributed by atoms with Gasteiger partial charge in [0, 0.05) is 4.90 Å². The first kappa shape index (κ1) is 7.76. The molecule has 0 aliphatic rings. The van der Waals surface area contributed by atoms with Crippen LogP contribution in [0.25, 0.3) is 0 Å². The summed E-state index contributed by atoms with van der Waals surface area (Å²) in [6.45, 7) is 0. The lowest BCUT2D eigenvalue weighted by molar-refractivity contribution is 1.15. The minimum Gasteiger partial charge on any atom is -0.145 e. The van der Waals surface area contributed by atoms with E-state index in [1.54, 1.807) is 18.0 Å². The molecule has 4 heteroatoms. The molecule has 0 unspecified atom stereocenters. The van der Waals surface area contributed by atoms with E-state index in [9.17, 15) is 0 Å². The van der Waals surface area contributed by atoms with E-state index in [1.807, 2.05) is 18.2 Å². The molecule has 2 aromatic rings. The van der Waals surface area contributed by atoms with Crippen LogP contribution < -0.4 is 0 Å². The summed E-state index contributed by atoms with van der Waals surface area (Å²) >= 11 is 3.11. The Bertz CT molecular complexity index is 331. The van der Waals surface area contributed by atoms with Crippen LogP contribution in [0, 0.1) is 0 Å². The lowest BCUT2D eigenvalue weighted by Crippen LogP contribution is -1.66. The van der Waals surface area contributed by atoms with Crippen molar-refractivity contribution < 1.29 is 0 Å². The molecule has 0 atom stereocenters. The third-order valence-electron chi connectivity index (χ3n) is 1.30. The summed E-state index contributed by atoms with van der Waals surface area (Å²) in [4.78, 5) is 1.23. The molecule has 0 radical (unpaired) electrons. The summed E-state index contributed by atoms with van der Waals surface area (Å²) in [6.07, 6.45) is 1.78. The molecular weight excluding hydrogens is 188 g/mol. The van der Waals surface area contributed by atoms with Crippen molar-refractivity contribution >= 4 is 23.3 Å². The molecule has 0 spiro atoms. The molecule has 0 amide bonds. The van der Waals surface area contributed by atoms with Crippen molar-refractivity contribution in [3.05, 3.63) is 36.5 Å². The molecule has 60 valence electrons. The molecule has 1 heterocycles. The van der Waals surface area contributed by atoms with E-state index >= 15 is 0 Å². The molecule has 0 aliphatic heterocycles. The maximum Gasteiger partial charge on any atom is 0.106 e. The van der Waals surface area contributed by atoms with Crippen LogP contribution in [0.2, 0.25) is 0 Å². The van der Waals surface area contributed by atoms with Crippen LogP contribution in [0.4, 0.5) is 0 Å². The Kier molecular flexibility index (Phi) is 2.39. The van der Waals surface area contributed by atoms with Crippen molar-refractivity contribution in [2.45, 2.75) is 9.10 Å². The van der Waals surface area contributed by atoms with Gasteiger partial charge in [-0.3, -0.25) is 0 Å². The monoisotopic (exact) mass is 194 g/mol. The number of hydrogen-bond donors (Lipinski definition) is 0. The van der Waals surface area contributed by atoms with Gasteiger partial charge in [0.2, 0.25) is 0 Å². The molecule has 0 saturated carbocycles. The highest BCUT2D eigenvalue weighted by Gasteiger charge is 1.97.